The van der Waals surface area contributed by atoms with Gasteiger partial charge in [0.05, 0.1) is 15.2 Å². The molecule has 1 aromatic heterocycles. The quantitative estimate of drug-likeness (QED) is 0.840. The predicted octanol–water partition coefficient (Wildman–Crippen LogP) is 4.01. The number of hydrogen-bond donors (Lipinski definition) is 2. The van der Waals surface area contributed by atoms with Gasteiger partial charge in [-0.3, -0.25) is 0 Å². The fourth-order valence-electron chi connectivity index (χ4n) is 1.47. The van der Waals surface area contributed by atoms with E-state index in [0.29, 0.717) is 0 Å². The summed E-state index contributed by atoms with van der Waals surface area (Å²) in [6.45, 7) is 2.85. The van der Waals surface area contributed by atoms with Crippen LogP contribution < -0.4 is 11.1 Å². The maximum Gasteiger partial charge on any atom is 0.0702 e. The highest BCUT2D eigenvalue weighted by molar-refractivity contribution is 9.11. The van der Waals surface area contributed by atoms with Crippen molar-refractivity contribution in [3.63, 3.8) is 0 Å². The molecule has 0 atom stereocenters. The van der Waals surface area contributed by atoms with E-state index in [1.807, 2.05) is 19.1 Å². The summed E-state index contributed by atoms with van der Waals surface area (Å²) in [4.78, 5) is 1.28. The molecule has 0 unspecified atom stereocenters. The van der Waals surface area contributed by atoms with Crippen molar-refractivity contribution in [2.24, 2.45) is 0 Å². The van der Waals surface area contributed by atoms with Gasteiger partial charge in [-0.1, -0.05) is 6.07 Å². The number of benzene rings is 1. The normalized spacial score (nSPS) is 10.4. The summed E-state index contributed by atoms with van der Waals surface area (Å²) in [6, 6.07) is 10.2. The van der Waals surface area contributed by atoms with E-state index in [1.165, 1.54) is 10.4 Å². The lowest BCUT2D eigenvalue weighted by molar-refractivity contribution is 1.19. The van der Waals surface area contributed by atoms with E-state index in [1.54, 1.807) is 11.3 Å². The van der Waals surface area contributed by atoms with Crippen LogP contribution in [0.1, 0.15) is 10.4 Å². The topological polar surface area (TPSA) is 38.0 Å². The first kappa shape index (κ1) is 11.5. The molecule has 84 valence electrons. The Hall–Kier alpha value is -1.000. The van der Waals surface area contributed by atoms with E-state index in [-0.39, 0.29) is 0 Å². The summed E-state index contributed by atoms with van der Waals surface area (Å²) >= 11 is 5.18. The molecule has 4 heteroatoms. The zero-order chi connectivity index (χ0) is 11.5. The molecule has 0 radical (unpaired) electrons. The van der Waals surface area contributed by atoms with Crippen LogP contribution >= 0.6 is 27.3 Å². The first-order chi connectivity index (χ1) is 7.65. The summed E-state index contributed by atoms with van der Waals surface area (Å²) in [5.74, 6) is 0. The van der Waals surface area contributed by atoms with Gasteiger partial charge in [0, 0.05) is 11.4 Å². The minimum Gasteiger partial charge on any atom is -0.397 e. The average Bonchev–Trinajstić information content (AvgIpc) is 2.63. The van der Waals surface area contributed by atoms with Crippen LogP contribution in [0.5, 0.6) is 0 Å². The van der Waals surface area contributed by atoms with Gasteiger partial charge in [-0.2, -0.15) is 0 Å². The smallest absolute Gasteiger partial charge is 0.0702 e. The van der Waals surface area contributed by atoms with Gasteiger partial charge < -0.3 is 11.1 Å². The number of nitrogens with one attached hydrogen (secondary N) is 1. The van der Waals surface area contributed by atoms with Crippen molar-refractivity contribution in [2.45, 2.75) is 13.5 Å². The third-order valence-electron chi connectivity index (χ3n) is 2.29. The standard InChI is InChI=1S/C12H13BrN2S/c1-8-2-4-11(10(14)6-8)15-7-9-3-5-12(13)16-9/h2-6,15H,7,14H2,1H3. The molecule has 0 aliphatic carbocycles. The number of nitrogen functional groups attached to an aromatic ring is 1. The number of nitrogens with two attached hydrogens (primary N) is 1. The van der Waals surface area contributed by atoms with E-state index >= 15 is 0 Å². The van der Waals surface area contributed by atoms with Crippen LogP contribution in [0.3, 0.4) is 0 Å². The molecule has 2 aromatic rings. The molecule has 0 bridgehead atoms. The fraction of sp³-hybridized carbons (Fsp3) is 0.167. The highest BCUT2D eigenvalue weighted by Crippen LogP contribution is 2.24. The summed E-state index contributed by atoms with van der Waals surface area (Å²) in [5.41, 5.74) is 8.90. The number of anilines is 2. The maximum absolute atomic E-state index is 5.92. The third-order valence-corrected chi connectivity index (χ3v) is 3.91. The molecule has 0 saturated heterocycles. The Morgan fingerprint density at radius 3 is 2.75 bits per heavy atom. The Morgan fingerprint density at radius 2 is 2.12 bits per heavy atom. The summed E-state index contributed by atoms with van der Waals surface area (Å²) in [6.07, 6.45) is 0. The summed E-state index contributed by atoms with van der Waals surface area (Å²) in [7, 11) is 0. The number of hydrogen-bond acceptors (Lipinski definition) is 3. The number of aryl methyl sites for hydroxylation is 1. The van der Waals surface area contributed by atoms with Crippen molar-refractivity contribution in [3.8, 4) is 0 Å². The minimum absolute atomic E-state index is 0.802. The number of rotatable bonds is 3. The monoisotopic (exact) mass is 296 g/mol. The van der Waals surface area contributed by atoms with Crippen LogP contribution in [0.2, 0.25) is 0 Å². The summed E-state index contributed by atoms with van der Waals surface area (Å²) < 4.78 is 1.15. The molecule has 1 heterocycles. The molecule has 2 rings (SSSR count). The molecule has 0 amide bonds. The van der Waals surface area contributed by atoms with E-state index in [2.05, 4.69) is 39.4 Å². The van der Waals surface area contributed by atoms with Crippen LogP contribution in [0.15, 0.2) is 34.1 Å². The van der Waals surface area contributed by atoms with Crippen LogP contribution in [-0.2, 0) is 6.54 Å². The van der Waals surface area contributed by atoms with Crippen LogP contribution in [-0.4, -0.2) is 0 Å². The first-order valence-corrected chi connectivity index (χ1v) is 6.60. The molecule has 0 aliphatic heterocycles. The zero-order valence-corrected chi connectivity index (χ0v) is 11.4. The van der Waals surface area contributed by atoms with Crippen molar-refractivity contribution < 1.29 is 0 Å². The van der Waals surface area contributed by atoms with E-state index in [4.69, 9.17) is 5.73 Å². The first-order valence-electron chi connectivity index (χ1n) is 4.99. The molecule has 0 spiro atoms. The van der Waals surface area contributed by atoms with Gasteiger partial charge in [-0.25, -0.2) is 0 Å². The van der Waals surface area contributed by atoms with Crippen molar-refractivity contribution in [3.05, 3.63) is 44.6 Å². The molecule has 0 saturated carbocycles. The minimum atomic E-state index is 0.802. The lowest BCUT2D eigenvalue weighted by Crippen LogP contribution is -2.01. The highest BCUT2D eigenvalue weighted by Gasteiger charge is 2.00. The van der Waals surface area contributed by atoms with Crippen LogP contribution in [0.25, 0.3) is 0 Å². The van der Waals surface area contributed by atoms with E-state index in [9.17, 15) is 0 Å². The Labute approximate surface area is 108 Å². The second-order valence-electron chi connectivity index (χ2n) is 3.65. The molecule has 2 nitrogen and oxygen atoms in total. The van der Waals surface area contributed by atoms with E-state index < -0.39 is 0 Å². The van der Waals surface area contributed by atoms with Crippen molar-refractivity contribution in [2.75, 3.05) is 11.1 Å². The molecule has 16 heavy (non-hydrogen) atoms. The van der Waals surface area contributed by atoms with Gasteiger partial charge in [-0.15, -0.1) is 11.3 Å². The molecule has 0 aliphatic rings. The maximum atomic E-state index is 5.92. The van der Waals surface area contributed by atoms with Crippen molar-refractivity contribution in [1.29, 1.82) is 0 Å². The SMILES string of the molecule is Cc1ccc(NCc2ccc(Br)s2)c(N)c1. The number of thiophene rings is 1. The second kappa shape index (κ2) is 4.89. The summed E-state index contributed by atoms with van der Waals surface area (Å²) in [5, 5.41) is 3.33. The Kier molecular flexibility index (Phi) is 3.51. The van der Waals surface area contributed by atoms with Gasteiger partial charge in [0.25, 0.3) is 0 Å². The van der Waals surface area contributed by atoms with Gasteiger partial charge in [-0.05, 0) is 52.7 Å². The van der Waals surface area contributed by atoms with Gasteiger partial charge in [0.2, 0.25) is 0 Å². The average molecular weight is 297 g/mol. The van der Waals surface area contributed by atoms with Crippen molar-refractivity contribution in [1.82, 2.24) is 0 Å². The molecular weight excluding hydrogens is 284 g/mol. The predicted molar refractivity (Wildman–Crippen MR) is 74.9 cm³/mol. The van der Waals surface area contributed by atoms with Gasteiger partial charge in [0.1, 0.15) is 0 Å². The Balaban J connectivity index is 2.04. The van der Waals surface area contributed by atoms with Gasteiger partial charge >= 0.3 is 0 Å². The third kappa shape index (κ3) is 2.77. The Morgan fingerprint density at radius 1 is 1.31 bits per heavy atom. The molecule has 1 aromatic carbocycles. The zero-order valence-electron chi connectivity index (χ0n) is 8.96. The molecular formula is C12H13BrN2S. The second-order valence-corrected chi connectivity index (χ2v) is 6.20. The molecule has 0 fully saturated rings. The lowest BCUT2D eigenvalue weighted by atomic mass is 10.2. The number of halogens is 1. The largest absolute Gasteiger partial charge is 0.397 e. The fourth-order valence-corrected chi connectivity index (χ4v) is 2.90. The Bertz CT molecular complexity index is 494. The van der Waals surface area contributed by atoms with E-state index in [0.717, 1.165) is 21.7 Å². The van der Waals surface area contributed by atoms with Crippen molar-refractivity contribution >= 4 is 38.6 Å². The van der Waals surface area contributed by atoms with Gasteiger partial charge in [0.15, 0.2) is 0 Å². The molecule has 3 N–H and O–H groups in total. The highest BCUT2D eigenvalue weighted by atomic mass is 79.9. The lowest BCUT2D eigenvalue weighted by Gasteiger charge is -2.08. The van der Waals surface area contributed by atoms with Crippen LogP contribution in [0, 0.1) is 6.92 Å². The van der Waals surface area contributed by atoms with Crippen LogP contribution in [0.4, 0.5) is 11.4 Å².